The van der Waals surface area contributed by atoms with Crippen molar-refractivity contribution in [3.8, 4) is 0 Å². The van der Waals surface area contributed by atoms with Crippen LogP contribution in [0.2, 0.25) is 0 Å². The fourth-order valence-corrected chi connectivity index (χ4v) is 3.28. The van der Waals surface area contributed by atoms with Crippen molar-refractivity contribution in [3.05, 3.63) is 30.5 Å². The van der Waals surface area contributed by atoms with E-state index < -0.39 is 0 Å². The predicted molar refractivity (Wildman–Crippen MR) is 96.0 cm³/mol. The molecule has 10 nitrogen and oxygen atoms in total. The molecule has 1 fully saturated rings. The maximum atomic E-state index is 4.53. The number of aryl methyl sites for hydroxylation is 2. The molecule has 0 bridgehead atoms. The summed E-state index contributed by atoms with van der Waals surface area (Å²) in [6.45, 7) is 4.66. The number of rotatable bonds is 4. The highest BCUT2D eigenvalue weighted by molar-refractivity contribution is 5.86. The van der Waals surface area contributed by atoms with E-state index in [1.54, 1.807) is 15.5 Å². The van der Waals surface area contributed by atoms with Crippen LogP contribution in [-0.4, -0.2) is 59.2 Å². The Kier molecular flexibility index (Phi) is 3.24. The second-order valence-electron chi connectivity index (χ2n) is 6.60. The van der Waals surface area contributed by atoms with Crippen LogP contribution >= 0.6 is 0 Å². The average molecular weight is 350 g/mol. The first kappa shape index (κ1) is 15.0. The third kappa shape index (κ3) is 2.41. The van der Waals surface area contributed by atoms with Gasteiger partial charge in [-0.05, 0) is 19.1 Å². The van der Waals surface area contributed by atoms with Crippen LogP contribution in [0.25, 0.3) is 16.7 Å². The lowest BCUT2D eigenvalue weighted by molar-refractivity contribution is 0.425. The van der Waals surface area contributed by atoms with Gasteiger partial charge in [0.25, 0.3) is 0 Å². The smallest absolute Gasteiger partial charge is 0.177 e. The number of anilines is 2. The van der Waals surface area contributed by atoms with Gasteiger partial charge in [-0.15, -0.1) is 15.3 Å². The van der Waals surface area contributed by atoms with Gasteiger partial charge in [-0.2, -0.15) is 9.61 Å². The van der Waals surface area contributed by atoms with E-state index in [-0.39, 0.29) is 0 Å². The van der Waals surface area contributed by atoms with Gasteiger partial charge in [0.1, 0.15) is 23.8 Å². The van der Waals surface area contributed by atoms with E-state index in [4.69, 9.17) is 0 Å². The molecule has 0 spiro atoms. The van der Waals surface area contributed by atoms with Crippen LogP contribution < -0.4 is 10.2 Å². The molecule has 5 heterocycles. The van der Waals surface area contributed by atoms with Gasteiger partial charge in [0.05, 0.1) is 11.6 Å². The first-order chi connectivity index (χ1) is 12.7. The summed E-state index contributed by atoms with van der Waals surface area (Å²) in [6.07, 6.45) is 3.43. The van der Waals surface area contributed by atoms with Crippen LogP contribution in [0.4, 0.5) is 11.6 Å². The Hall–Kier alpha value is -3.30. The van der Waals surface area contributed by atoms with Crippen molar-refractivity contribution >= 4 is 28.3 Å². The third-order valence-electron chi connectivity index (χ3n) is 4.69. The van der Waals surface area contributed by atoms with Crippen LogP contribution in [0.15, 0.2) is 24.7 Å². The van der Waals surface area contributed by atoms with Gasteiger partial charge in [0.2, 0.25) is 0 Å². The summed E-state index contributed by atoms with van der Waals surface area (Å²) >= 11 is 0. The lowest BCUT2D eigenvalue weighted by Crippen LogP contribution is -2.50. The van der Waals surface area contributed by atoms with Gasteiger partial charge < -0.3 is 10.2 Å². The predicted octanol–water partition coefficient (Wildman–Crippen LogP) is 0.658. The maximum absolute atomic E-state index is 4.53. The van der Waals surface area contributed by atoms with Crippen molar-refractivity contribution in [1.82, 2.24) is 39.6 Å². The zero-order valence-corrected chi connectivity index (χ0v) is 14.5. The van der Waals surface area contributed by atoms with Crippen molar-refractivity contribution in [1.29, 1.82) is 0 Å². The zero-order valence-electron chi connectivity index (χ0n) is 14.5. The molecule has 5 rings (SSSR count). The van der Waals surface area contributed by atoms with Crippen LogP contribution in [0, 0.1) is 12.8 Å². The van der Waals surface area contributed by atoms with E-state index in [0.29, 0.717) is 5.92 Å². The highest BCUT2D eigenvalue weighted by Crippen LogP contribution is 2.24. The Balaban J connectivity index is 1.25. The Morgan fingerprint density at radius 1 is 1.23 bits per heavy atom. The summed E-state index contributed by atoms with van der Waals surface area (Å²) in [5.41, 5.74) is 1.61. The van der Waals surface area contributed by atoms with Crippen molar-refractivity contribution in [2.45, 2.75) is 6.92 Å². The van der Waals surface area contributed by atoms with Crippen molar-refractivity contribution in [2.24, 2.45) is 13.0 Å². The molecule has 0 amide bonds. The van der Waals surface area contributed by atoms with Gasteiger partial charge in [0, 0.05) is 32.6 Å². The number of nitrogens with one attached hydrogen (secondary N) is 1. The average Bonchev–Trinajstić information content (AvgIpc) is 3.20. The summed E-state index contributed by atoms with van der Waals surface area (Å²) in [5, 5.41) is 21.1. The summed E-state index contributed by atoms with van der Waals surface area (Å²) in [4.78, 5) is 11.2. The molecule has 1 aliphatic rings. The number of nitrogens with zero attached hydrogens (tertiary/aromatic N) is 9. The summed E-state index contributed by atoms with van der Waals surface area (Å²) in [7, 11) is 1.89. The van der Waals surface area contributed by atoms with Crippen molar-refractivity contribution < 1.29 is 0 Å². The second kappa shape index (κ2) is 5.61. The summed E-state index contributed by atoms with van der Waals surface area (Å²) < 4.78 is 3.47. The lowest BCUT2D eigenvalue weighted by atomic mass is 10.0. The molecule has 1 aliphatic heterocycles. The van der Waals surface area contributed by atoms with Gasteiger partial charge in [-0.3, -0.25) is 4.68 Å². The molecule has 1 N–H and O–H groups in total. The van der Waals surface area contributed by atoms with E-state index in [1.807, 2.05) is 32.3 Å². The largest absolute Gasteiger partial charge is 0.369 e. The minimum Gasteiger partial charge on any atom is -0.369 e. The van der Waals surface area contributed by atoms with Crippen LogP contribution in [0.3, 0.4) is 0 Å². The fraction of sp³-hybridized carbons (Fsp3) is 0.375. The zero-order chi connectivity index (χ0) is 17.7. The first-order valence-electron chi connectivity index (χ1n) is 8.49. The molecule has 132 valence electrons. The number of hydrogen-bond donors (Lipinski definition) is 1. The minimum absolute atomic E-state index is 0.537. The third-order valence-corrected chi connectivity index (χ3v) is 4.69. The standard InChI is InChI=1S/C16H18N10/c1-10-20-15(12-6-19-24(2)16(12)21-10)17-5-11-7-25(8-11)14-4-3-13-22-18-9-26(13)23-14/h3-4,6,9,11H,5,7-8H2,1-2H3,(H,17,20,21). The van der Waals surface area contributed by atoms with E-state index in [0.717, 1.165) is 53.8 Å². The first-order valence-corrected chi connectivity index (χ1v) is 8.49. The molecule has 0 radical (unpaired) electrons. The molecule has 0 saturated carbocycles. The Morgan fingerprint density at radius 2 is 2.12 bits per heavy atom. The molecule has 1 saturated heterocycles. The molecular formula is C16H18N10. The fourth-order valence-electron chi connectivity index (χ4n) is 3.28. The molecule has 0 atom stereocenters. The van der Waals surface area contributed by atoms with E-state index in [1.165, 1.54) is 0 Å². The number of fused-ring (bicyclic) bond motifs is 2. The van der Waals surface area contributed by atoms with Crippen LogP contribution in [-0.2, 0) is 7.05 Å². The minimum atomic E-state index is 0.537. The molecule has 4 aromatic rings. The molecule has 4 aromatic heterocycles. The van der Waals surface area contributed by atoms with Crippen molar-refractivity contribution in [2.75, 3.05) is 29.9 Å². The normalized spacial score (nSPS) is 14.9. The van der Waals surface area contributed by atoms with Gasteiger partial charge >= 0.3 is 0 Å². The van der Waals surface area contributed by atoms with Crippen LogP contribution in [0.1, 0.15) is 5.82 Å². The SMILES string of the molecule is Cc1nc(NCC2CN(c3ccc4nncn4n3)C2)c2cnn(C)c2n1. The molecule has 0 aromatic carbocycles. The van der Waals surface area contributed by atoms with E-state index >= 15 is 0 Å². The lowest BCUT2D eigenvalue weighted by Gasteiger charge is -2.40. The van der Waals surface area contributed by atoms with Crippen LogP contribution in [0.5, 0.6) is 0 Å². The second-order valence-corrected chi connectivity index (χ2v) is 6.60. The molecule has 0 aliphatic carbocycles. The summed E-state index contributed by atoms with van der Waals surface area (Å²) in [6, 6.07) is 3.92. The molecular weight excluding hydrogens is 332 g/mol. The quantitative estimate of drug-likeness (QED) is 0.573. The topological polar surface area (TPSA) is 102 Å². The van der Waals surface area contributed by atoms with E-state index in [9.17, 15) is 0 Å². The summed E-state index contributed by atoms with van der Waals surface area (Å²) in [5.74, 6) is 3.07. The highest BCUT2D eigenvalue weighted by atomic mass is 15.4. The molecule has 26 heavy (non-hydrogen) atoms. The Bertz CT molecular complexity index is 1090. The van der Waals surface area contributed by atoms with E-state index in [2.05, 4.69) is 40.6 Å². The maximum Gasteiger partial charge on any atom is 0.177 e. The Labute approximate surface area is 148 Å². The number of aromatic nitrogens is 8. The van der Waals surface area contributed by atoms with Gasteiger partial charge in [0.15, 0.2) is 11.3 Å². The number of hydrogen-bond acceptors (Lipinski definition) is 8. The highest BCUT2D eigenvalue weighted by Gasteiger charge is 2.28. The van der Waals surface area contributed by atoms with Gasteiger partial charge in [-0.25, -0.2) is 9.97 Å². The van der Waals surface area contributed by atoms with Gasteiger partial charge in [-0.1, -0.05) is 0 Å². The monoisotopic (exact) mass is 350 g/mol. The molecule has 10 heteroatoms. The molecule has 0 unspecified atom stereocenters. The van der Waals surface area contributed by atoms with Crippen molar-refractivity contribution in [3.63, 3.8) is 0 Å². The Morgan fingerprint density at radius 3 is 3.00 bits per heavy atom.